The maximum Gasteiger partial charge on any atom is 0.363 e. The van der Waals surface area contributed by atoms with E-state index >= 15 is 0 Å². The highest BCUT2D eigenvalue weighted by atomic mass is 19.1. The molecule has 6 nitrogen and oxygen atoms in total. The summed E-state index contributed by atoms with van der Waals surface area (Å²) in [5.41, 5.74) is 5.84. The Kier molecular flexibility index (Phi) is 4.56. The molecule has 0 atom stereocenters. The van der Waals surface area contributed by atoms with Gasteiger partial charge in [-0.25, -0.2) is 14.2 Å². The van der Waals surface area contributed by atoms with Crippen LogP contribution >= 0.6 is 0 Å². The number of aliphatic imine (C=N–C) groups is 1. The average molecular weight is 340 g/mol. The fourth-order valence-electron chi connectivity index (χ4n) is 2.13. The Bertz CT molecular complexity index is 888. The molecule has 0 fully saturated rings. The number of amides is 1. The lowest BCUT2D eigenvalue weighted by Gasteiger charge is -2.03. The highest BCUT2D eigenvalue weighted by molar-refractivity contribution is 6.12. The van der Waals surface area contributed by atoms with E-state index in [1.165, 1.54) is 24.3 Å². The van der Waals surface area contributed by atoms with Crippen molar-refractivity contribution in [3.05, 3.63) is 71.2 Å². The van der Waals surface area contributed by atoms with Gasteiger partial charge in [-0.05, 0) is 35.9 Å². The van der Waals surface area contributed by atoms with Gasteiger partial charge in [0, 0.05) is 0 Å². The fraction of sp³-hybridized carbons (Fsp3) is 0.0556. The molecule has 7 heteroatoms. The van der Waals surface area contributed by atoms with Crippen LogP contribution in [-0.2, 0) is 14.3 Å². The monoisotopic (exact) mass is 340 g/mol. The Morgan fingerprint density at radius 3 is 2.60 bits per heavy atom. The third-order valence-electron chi connectivity index (χ3n) is 3.29. The quantitative estimate of drug-likeness (QED) is 0.666. The van der Waals surface area contributed by atoms with Gasteiger partial charge in [0.05, 0.1) is 5.56 Å². The van der Waals surface area contributed by atoms with Gasteiger partial charge >= 0.3 is 5.97 Å². The van der Waals surface area contributed by atoms with E-state index in [-0.39, 0.29) is 23.8 Å². The van der Waals surface area contributed by atoms with E-state index in [4.69, 9.17) is 15.2 Å². The average Bonchev–Trinajstić information content (AvgIpc) is 2.95. The number of carbonyl (C=O) groups excluding carboxylic acids is 2. The molecule has 1 aliphatic rings. The standard InChI is InChI=1S/C18H13FN2O4/c19-14-4-2-1-3-13(14)17-21-15(18(23)25-17)9-11-5-7-12(8-6-11)24-10-16(20)22/h1-9H,10H2,(H2,20,22). The molecule has 25 heavy (non-hydrogen) atoms. The van der Waals surface area contributed by atoms with Gasteiger partial charge in [0.25, 0.3) is 5.91 Å². The molecule has 0 saturated heterocycles. The van der Waals surface area contributed by atoms with Gasteiger partial charge in [0.15, 0.2) is 12.3 Å². The van der Waals surface area contributed by atoms with E-state index in [0.29, 0.717) is 11.3 Å². The van der Waals surface area contributed by atoms with Crippen LogP contribution in [0.3, 0.4) is 0 Å². The summed E-state index contributed by atoms with van der Waals surface area (Å²) in [6.07, 6.45) is 1.51. The van der Waals surface area contributed by atoms with E-state index in [1.807, 2.05) is 0 Å². The second kappa shape index (κ2) is 6.96. The smallest absolute Gasteiger partial charge is 0.363 e. The first-order valence-corrected chi connectivity index (χ1v) is 7.31. The van der Waals surface area contributed by atoms with Crippen molar-refractivity contribution >= 4 is 23.9 Å². The highest BCUT2D eigenvalue weighted by Crippen LogP contribution is 2.21. The summed E-state index contributed by atoms with van der Waals surface area (Å²) in [7, 11) is 0. The zero-order valence-corrected chi connectivity index (χ0v) is 12.9. The largest absolute Gasteiger partial charge is 0.484 e. The Morgan fingerprint density at radius 1 is 1.20 bits per heavy atom. The normalized spacial score (nSPS) is 15.0. The van der Waals surface area contributed by atoms with Gasteiger partial charge in [0.2, 0.25) is 5.90 Å². The fourth-order valence-corrected chi connectivity index (χ4v) is 2.13. The summed E-state index contributed by atoms with van der Waals surface area (Å²) < 4.78 is 23.9. The number of cyclic esters (lactones) is 1. The predicted molar refractivity (Wildman–Crippen MR) is 88.1 cm³/mol. The first kappa shape index (κ1) is 16.4. The number of rotatable bonds is 5. The number of ether oxygens (including phenoxy) is 2. The topological polar surface area (TPSA) is 91.0 Å². The van der Waals surface area contributed by atoms with Crippen LogP contribution in [0.4, 0.5) is 4.39 Å². The van der Waals surface area contributed by atoms with Crippen LogP contribution < -0.4 is 10.5 Å². The molecular formula is C18H13FN2O4. The number of benzene rings is 2. The van der Waals surface area contributed by atoms with Crippen LogP contribution in [0.1, 0.15) is 11.1 Å². The van der Waals surface area contributed by atoms with Crippen molar-refractivity contribution in [1.29, 1.82) is 0 Å². The number of esters is 1. The van der Waals surface area contributed by atoms with Crippen molar-refractivity contribution < 1.29 is 23.5 Å². The minimum atomic E-state index is -0.660. The lowest BCUT2D eigenvalue weighted by atomic mass is 10.2. The lowest BCUT2D eigenvalue weighted by molar-refractivity contribution is -0.130. The number of hydrogen-bond donors (Lipinski definition) is 1. The maximum absolute atomic E-state index is 13.8. The number of nitrogens with zero attached hydrogens (tertiary/aromatic N) is 1. The number of primary amides is 1. The molecule has 0 unspecified atom stereocenters. The first-order chi connectivity index (χ1) is 12.0. The molecule has 0 radical (unpaired) electrons. The van der Waals surface area contributed by atoms with Crippen molar-refractivity contribution in [3.63, 3.8) is 0 Å². The maximum atomic E-state index is 13.8. The molecule has 0 spiro atoms. The lowest BCUT2D eigenvalue weighted by Crippen LogP contribution is -2.19. The van der Waals surface area contributed by atoms with Gasteiger partial charge < -0.3 is 15.2 Å². The van der Waals surface area contributed by atoms with Crippen LogP contribution in [0.2, 0.25) is 0 Å². The van der Waals surface area contributed by atoms with Crippen molar-refractivity contribution in [2.45, 2.75) is 0 Å². The van der Waals surface area contributed by atoms with Crippen molar-refractivity contribution in [2.75, 3.05) is 6.61 Å². The van der Waals surface area contributed by atoms with Crippen molar-refractivity contribution in [2.24, 2.45) is 10.7 Å². The molecule has 1 aliphatic heterocycles. The molecule has 0 aromatic heterocycles. The number of carbonyl (C=O) groups is 2. The SMILES string of the molecule is NC(=O)COc1ccc(C=C2N=C(c3ccccc3F)OC2=O)cc1. The Labute approximate surface area is 142 Å². The van der Waals surface area contributed by atoms with Crippen LogP contribution in [0.25, 0.3) is 6.08 Å². The molecule has 1 heterocycles. The molecule has 0 saturated carbocycles. The second-order valence-corrected chi connectivity index (χ2v) is 5.14. The third kappa shape index (κ3) is 3.89. The minimum Gasteiger partial charge on any atom is -0.484 e. The van der Waals surface area contributed by atoms with Gasteiger partial charge in [-0.15, -0.1) is 0 Å². The summed E-state index contributed by atoms with van der Waals surface area (Å²) in [4.78, 5) is 26.6. The van der Waals surface area contributed by atoms with Crippen LogP contribution in [-0.4, -0.2) is 24.4 Å². The number of hydrogen-bond acceptors (Lipinski definition) is 5. The van der Waals surface area contributed by atoms with Crippen LogP contribution in [0.15, 0.2) is 59.2 Å². The summed E-state index contributed by atoms with van der Waals surface area (Å²) >= 11 is 0. The van der Waals surface area contributed by atoms with Gasteiger partial charge in [-0.3, -0.25) is 4.79 Å². The van der Waals surface area contributed by atoms with Gasteiger partial charge in [-0.2, -0.15) is 0 Å². The van der Waals surface area contributed by atoms with Gasteiger partial charge in [0.1, 0.15) is 11.6 Å². The molecule has 2 aromatic carbocycles. The zero-order chi connectivity index (χ0) is 17.8. The predicted octanol–water partition coefficient (Wildman–Crippen LogP) is 2.03. The van der Waals surface area contributed by atoms with Gasteiger partial charge in [-0.1, -0.05) is 24.3 Å². The molecule has 1 amide bonds. The number of nitrogens with two attached hydrogens (primary N) is 1. The summed E-state index contributed by atoms with van der Waals surface area (Å²) in [6.45, 7) is -0.219. The molecule has 126 valence electrons. The van der Waals surface area contributed by atoms with E-state index in [2.05, 4.69) is 4.99 Å². The van der Waals surface area contributed by atoms with Crippen molar-refractivity contribution in [1.82, 2.24) is 0 Å². The molecule has 3 rings (SSSR count). The van der Waals surface area contributed by atoms with Crippen LogP contribution in [0, 0.1) is 5.82 Å². The summed E-state index contributed by atoms with van der Waals surface area (Å²) in [5, 5.41) is 0. The molecule has 0 aliphatic carbocycles. The zero-order valence-electron chi connectivity index (χ0n) is 12.9. The molecular weight excluding hydrogens is 327 g/mol. The van der Waals surface area contributed by atoms with E-state index in [9.17, 15) is 14.0 Å². The van der Waals surface area contributed by atoms with E-state index in [0.717, 1.165) is 0 Å². The Hall–Kier alpha value is -3.48. The summed E-state index contributed by atoms with van der Waals surface area (Å²) in [5.74, 6) is -1.37. The second-order valence-electron chi connectivity index (χ2n) is 5.14. The van der Waals surface area contributed by atoms with Crippen LogP contribution in [0.5, 0.6) is 5.75 Å². The first-order valence-electron chi connectivity index (χ1n) is 7.31. The summed E-state index contributed by atoms with van der Waals surface area (Å²) in [6, 6.07) is 12.5. The van der Waals surface area contributed by atoms with Crippen molar-refractivity contribution in [3.8, 4) is 5.75 Å². The third-order valence-corrected chi connectivity index (χ3v) is 3.29. The molecule has 0 bridgehead atoms. The number of halogens is 1. The molecule has 2 N–H and O–H groups in total. The van der Waals surface area contributed by atoms with E-state index in [1.54, 1.807) is 30.3 Å². The minimum absolute atomic E-state index is 0.0593. The Morgan fingerprint density at radius 2 is 1.92 bits per heavy atom. The Balaban J connectivity index is 1.80. The molecule has 2 aromatic rings. The highest BCUT2D eigenvalue weighted by Gasteiger charge is 2.25. The van der Waals surface area contributed by atoms with E-state index < -0.39 is 17.7 Å².